The minimum absolute atomic E-state index is 0. The maximum absolute atomic E-state index is 12.4. The van der Waals surface area contributed by atoms with Crippen LogP contribution in [0.25, 0.3) is 0 Å². The van der Waals surface area contributed by atoms with Crippen LogP contribution in [0.15, 0.2) is 42.6 Å². The number of rotatable bonds is 6. The number of pyridine rings is 1. The van der Waals surface area contributed by atoms with Gasteiger partial charge in [0.15, 0.2) is 0 Å². The molecule has 0 aliphatic heterocycles. The molecule has 138 valence electrons. The number of halogens is 2. The number of carbonyl (C=O) groups excluding carboxylic acids is 1. The average molecular weight is 387 g/mol. The van der Waals surface area contributed by atoms with Crippen LogP contribution in [-0.4, -0.2) is 30.1 Å². The first-order valence-electron chi connectivity index (χ1n) is 7.33. The summed E-state index contributed by atoms with van der Waals surface area (Å²) < 4.78 is 5.30. The smallest absolute Gasteiger partial charge is 0.255 e. The van der Waals surface area contributed by atoms with Crippen LogP contribution in [0.3, 0.4) is 0 Å². The Bertz CT molecular complexity index is 690. The van der Waals surface area contributed by atoms with Crippen molar-refractivity contribution < 1.29 is 9.53 Å². The summed E-state index contributed by atoms with van der Waals surface area (Å²) in [6.45, 7) is 4.07. The normalized spacial score (nSPS) is 10.1. The lowest BCUT2D eigenvalue weighted by Crippen LogP contribution is -2.45. The average Bonchev–Trinajstić information content (AvgIpc) is 2.53. The quantitative estimate of drug-likeness (QED) is 0.709. The molecule has 1 aromatic carbocycles. The molecule has 0 aliphatic carbocycles. The molecule has 1 heterocycles. The molecule has 0 radical (unpaired) electrons. The third-order valence-corrected chi connectivity index (χ3v) is 3.12. The van der Waals surface area contributed by atoms with E-state index in [2.05, 4.69) is 15.6 Å². The molecule has 0 saturated heterocycles. The zero-order chi connectivity index (χ0) is 16.9. The van der Waals surface area contributed by atoms with Crippen molar-refractivity contribution in [2.24, 2.45) is 5.73 Å². The lowest BCUT2D eigenvalue weighted by molar-refractivity contribution is 0.0946. The first kappa shape index (κ1) is 23.0. The number of carbonyl (C=O) groups is 1. The largest absolute Gasteiger partial charge is 0.495 e. The Hall–Kier alpha value is -2.02. The van der Waals surface area contributed by atoms with Crippen molar-refractivity contribution in [2.75, 3.05) is 19.0 Å². The van der Waals surface area contributed by atoms with E-state index >= 15 is 0 Å². The van der Waals surface area contributed by atoms with Crippen molar-refractivity contribution in [3.63, 3.8) is 0 Å². The molecule has 4 N–H and O–H groups in total. The molecule has 1 amide bonds. The summed E-state index contributed by atoms with van der Waals surface area (Å²) in [5.41, 5.74) is 6.61. The van der Waals surface area contributed by atoms with E-state index in [1.165, 1.54) is 0 Å². The lowest BCUT2D eigenvalue weighted by Gasteiger charge is -2.19. The third kappa shape index (κ3) is 6.78. The minimum atomic E-state index is -0.478. The van der Waals surface area contributed by atoms with Gasteiger partial charge in [0.05, 0.1) is 18.4 Å². The molecule has 6 nitrogen and oxygen atoms in total. The molecule has 25 heavy (non-hydrogen) atoms. The topological polar surface area (TPSA) is 89.3 Å². The van der Waals surface area contributed by atoms with Gasteiger partial charge in [-0.2, -0.15) is 0 Å². The number of aromatic nitrogens is 1. The van der Waals surface area contributed by atoms with Crippen molar-refractivity contribution in [2.45, 2.75) is 19.4 Å². The third-order valence-electron chi connectivity index (χ3n) is 3.12. The van der Waals surface area contributed by atoms with Crippen LogP contribution in [0.2, 0.25) is 0 Å². The lowest BCUT2D eigenvalue weighted by atomic mass is 10.1. The van der Waals surface area contributed by atoms with Crippen molar-refractivity contribution in [1.82, 2.24) is 10.3 Å². The van der Waals surface area contributed by atoms with E-state index in [0.29, 0.717) is 23.7 Å². The molecular weight excluding hydrogens is 363 g/mol. The Balaban J connectivity index is 0.00000288. The second-order valence-corrected chi connectivity index (χ2v) is 5.90. The number of hydrogen-bond acceptors (Lipinski definition) is 5. The number of methoxy groups -OCH3 is 1. The fraction of sp³-hybridized carbons (Fsp3) is 0.294. The molecule has 0 bridgehead atoms. The Morgan fingerprint density at radius 3 is 2.52 bits per heavy atom. The van der Waals surface area contributed by atoms with E-state index < -0.39 is 5.54 Å². The summed E-state index contributed by atoms with van der Waals surface area (Å²) in [7, 11) is 1.59. The van der Waals surface area contributed by atoms with Crippen molar-refractivity contribution in [3.05, 3.63) is 48.2 Å². The Morgan fingerprint density at radius 1 is 1.20 bits per heavy atom. The van der Waals surface area contributed by atoms with E-state index in [1.807, 2.05) is 38.1 Å². The van der Waals surface area contributed by atoms with Gasteiger partial charge in [0.2, 0.25) is 0 Å². The van der Waals surface area contributed by atoms with Gasteiger partial charge < -0.3 is 21.1 Å². The fourth-order valence-electron chi connectivity index (χ4n) is 1.97. The van der Waals surface area contributed by atoms with Crippen molar-refractivity contribution >= 4 is 42.2 Å². The van der Waals surface area contributed by atoms with E-state index in [9.17, 15) is 4.79 Å². The highest BCUT2D eigenvalue weighted by Crippen LogP contribution is 2.27. The molecule has 0 aliphatic rings. The van der Waals surface area contributed by atoms with E-state index in [4.69, 9.17) is 10.5 Å². The summed E-state index contributed by atoms with van der Waals surface area (Å²) in [4.78, 5) is 16.6. The standard InChI is InChI=1S/C17H22N4O2.2ClH/c1-17(2,18)11-20-16(22)12-7-6-10-19-15(12)21-13-8-4-5-9-14(13)23-3;;/h4-10H,11,18H2,1-3H3,(H,19,21)(H,20,22);2*1H. The highest BCUT2D eigenvalue weighted by molar-refractivity contribution is 5.99. The van der Waals surface area contributed by atoms with Crippen molar-refractivity contribution in [1.29, 1.82) is 0 Å². The monoisotopic (exact) mass is 386 g/mol. The number of nitrogens with zero attached hydrogens (tertiary/aromatic N) is 1. The van der Waals surface area contributed by atoms with Crippen molar-refractivity contribution in [3.8, 4) is 5.75 Å². The minimum Gasteiger partial charge on any atom is -0.495 e. The number of nitrogens with two attached hydrogens (primary N) is 1. The summed E-state index contributed by atoms with van der Waals surface area (Å²) in [5, 5.41) is 5.96. The van der Waals surface area contributed by atoms with Crippen LogP contribution >= 0.6 is 24.8 Å². The van der Waals surface area contributed by atoms with Crippen LogP contribution in [0.4, 0.5) is 11.5 Å². The number of nitrogens with one attached hydrogen (secondary N) is 2. The summed E-state index contributed by atoms with van der Waals surface area (Å²) in [6, 6.07) is 10.9. The maximum Gasteiger partial charge on any atom is 0.255 e. The molecule has 0 atom stereocenters. The highest BCUT2D eigenvalue weighted by Gasteiger charge is 2.17. The van der Waals surface area contributed by atoms with Gasteiger partial charge in [-0.15, -0.1) is 24.8 Å². The van der Waals surface area contributed by atoms with E-state index in [0.717, 1.165) is 5.69 Å². The van der Waals surface area contributed by atoms with Gasteiger partial charge in [-0.3, -0.25) is 4.79 Å². The van der Waals surface area contributed by atoms with Crippen LogP contribution in [-0.2, 0) is 0 Å². The molecular formula is C17H24Cl2N4O2. The SMILES string of the molecule is COc1ccccc1Nc1ncccc1C(=O)NCC(C)(C)N.Cl.Cl. The summed E-state index contributed by atoms with van der Waals surface area (Å²) in [5.74, 6) is 0.908. The van der Waals surface area contributed by atoms with Crippen LogP contribution in [0, 0.1) is 0 Å². The van der Waals surface area contributed by atoms with E-state index in [-0.39, 0.29) is 30.7 Å². The molecule has 0 fully saturated rings. The van der Waals surface area contributed by atoms with Gasteiger partial charge in [0.1, 0.15) is 11.6 Å². The second kappa shape index (κ2) is 10.1. The molecule has 0 unspecified atom stereocenters. The molecule has 8 heteroatoms. The van der Waals surface area contributed by atoms with Gasteiger partial charge in [-0.25, -0.2) is 4.98 Å². The van der Waals surface area contributed by atoms with Crippen LogP contribution < -0.4 is 21.1 Å². The van der Waals surface area contributed by atoms with E-state index in [1.54, 1.807) is 25.4 Å². The number of para-hydroxylation sites is 2. The van der Waals surface area contributed by atoms with Crippen LogP contribution in [0.1, 0.15) is 24.2 Å². The summed E-state index contributed by atoms with van der Waals surface area (Å²) in [6.07, 6.45) is 1.63. The highest BCUT2D eigenvalue weighted by atomic mass is 35.5. The number of benzene rings is 1. The summed E-state index contributed by atoms with van der Waals surface area (Å²) >= 11 is 0. The van der Waals surface area contributed by atoms with Gasteiger partial charge in [-0.05, 0) is 38.1 Å². The Kier molecular flexibility index (Phi) is 9.27. The number of amides is 1. The first-order valence-corrected chi connectivity index (χ1v) is 7.33. The molecule has 0 saturated carbocycles. The first-order chi connectivity index (χ1) is 10.9. The predicted octanol–water partition coefficient (Wildman–Crippen LogP) is 3.14. The zero-order valence-electron chi connectivity index (χ0n) is 14.4. The Morgan fingerprint density at radius 2 is 1.88 bits per heavy atom. The Labute approximate surface area is 160 Å². The van der Waals surface area contributed by atoms with Crippen LogP contribution in [0.5, 0.6) is 5.75 Å². The molecule has 1 aromatic heterocycles. The van der Waals surface area contributed by atoms with Gasteiger partial charge in [0, 0.05) is 18.3 Å². The maximum atomic E-state index is 12.4. The van der Waals surface area contributed by atoms with Gasteiger partial charge >= 0.3 is 0 Å². The zero-order valence-corrected chi connectivity index (χ0v) is 16.0. The molecule has 2 rings (SSSR count). The number of hydrogen-bond donors (Lipinski definition) is 3. The second-order valence-electron chi connectivity index (χ2n) is 5.90. The van der Waals surface area contributed by atoms with Gasteiger partial charge in [0.25, 0.3) is 5.91 Å². The number of ether oxygens (including phenoxy) is 1. The fourth-order valence-corrected chi connectivity index (χ4v) is 1.97. The van der Waals surface area contributed by atoms with Gasteiger partial charge in [-0.1, -0.05) is 12.1 Å². The molecule has 2 aromatic rings. The predicted molar refractivity (Wildman–Crippen MR) is 106 cm³/mol. The molecule has 0 spiro atoms. The number of anilines is 2.